The molecule has 0 bridgehead atoms. The average molecular weight is 302 g/mol. The van der Waals surface area contributed by atoms with E-state index < -0.39 is 14.6 Å². The van der Waals surface area contributed by atoms with Crippen LogP contribution in [0.15, 0.2) is 0 Å². The van der Waals surface area contributed by atoms with Crippen LogP contribution in [0.5, 0.6) is 0 Å². The molecule has 0 radical (unpaired) electrons. The number of sulfone groups is 1. The summed E-state index contributed by atoms with van der Waals surface area (Å²) in [6.07, 6.45) is 5.18. The number of amides is 1. The van der Waals surface area contributed by atoms with Crippen LogP contribution in [0.4, 0.5) is 0 Å². The molecule has 0 aromatic heterocycles. The van der Waals surface area contributed by atoms with E-state index in [9.17, 15) is 13.2 Å². The molecule has 116 valence electrons. The molecule has 1 aliphatic carbocycles. The summed E-state index contributed by atoms with van der Waals surface area (Å²) in [7, 11) is 0.544. The second kappa shape index (κ2) is 5.64. The van der Waals surface area contributed by atoms with Crippen molar-refractivity contribution in [1.29, 1.82) is 0 Å². The maximum Gasteiger partial charge on any atom is 0.243 e. The van der Waals surface area contributed by atoms with Crippen molar-refractivity contribution < 1.29 is 13.2 Å². The zero-order chi connectivity index (χ0) is 15.0. The first-order chi connectivity index (χ1) is 9.26. The fraction of sp³-hybridized carbons (Fsp3) is 0.929. The molecule has 0 spiro atoms. The molecule has 0 N–H and O–H groups in total. The van der Waals surface area contributed by atoms with Crippen LogP contribution in [0.3, 0.4) is 0 Å². The van der Waals surface area contributed by atoms with Crippen LogP contribution < -0.4 is 0 Å². The van der Waals surface area contributed by atoms with Gasteiger partial charge in [-0.05, 0) is 58.2 Å². The highest BCUT2D eigenvalue weighted by Crippen LogP contribution is 2.40. The quantitative estimate of drug-likeness (QED) is 0.769. The van der Waals surface area contributed by atoms with Gasteiger partial charge in [-0.25, -0.2) is 8.42 Å². The Morgan fingerprint density at radius 3 is 2.25 bits per heavy atom. The van der Waals surface area contributed by atoms with E-state index in [1.807, 2.05) is 0 Å². The summed E-state index contributed by atoms with van der Waals surface area (Å²) < 4.78 is 22.8. The van der Waals surface area contributed by atoms with Crippen LogP contribution >= 0.6 is 0 Å². The number of hydrogen-bond donors (Lipinski definition) is 0. The fourth-order valence-electron chi connectivity index (χ4n) is 3.30. The molecular formula is C14H26N2O3S. The largest absolute Gasteiger partial charge is 0.344 e. The number of carbonyl (C=O) groups excluding carboxylic acids is 1. The fourth-order valence-corrected chi connectivity index (χ4v) is 4.81. The number of nitrogens with zero attached hydrogens (tertiary/aromatic N) is 2. The van der Waals surface area contributed by atoms with Gasteiger partial charge in [-0.1, -0.05) is 0 Å². The van der Waals surface area contributed by atoms with E-state index in [4.69, 9.17) is 0 Å². The van der Waals surface area contributed by atoms with Gasteiger partial charge in [-0.15, -0.1) is 0 Å². The van der Waals surface area contributed by atoms with E-state index in [2.05, 4.69) is 11.9 Å². The summed E-state index contributed by atoms with van der Waals surface area (Å²) in [5.41, 5.74) is 0. The first kappa shape index (κ1) is 15.8. The Morgan fingerprint density at radius 2 is 1.85 bits per heavy atom. The lowest BCUT2D eigenvalue weighted by Gasteiger charge is -2.42. The van der Waals surface area contributed by atoms with E-state index in [-0.39, 0.29) is 5.91 Å². The first-order valence-electron chi connectivity index (χ1n) is 7.40. The number of hydrogen-bond acceptors (Lipinski definition) is 4. The van der Waals surface area contributed by atoms with E-state index in [0.29, 0.717) is 25.3 Å². The molecule has 1 amide bonds. The predicted octanol–water partition coefficient (Wildman–Crippen LogP) is 0.754. The topological polar surface area (TPSA) is 57.7 Å². The highest BCUT2D eigenvalue weighted by atomic mass is 32.2. The van der Waals surface area contributed by atoms with E-state index >= 15 is 0 Å². The van der Waals surface area contributed by atoms with Gasteiger partial charge in [-0.2, -0.15) is 0 Å². The number of rotatable bonds is 4. The van der Waals surface area contributed by atoms with Crippen LogP contribution in [0, 0.1) is 5.92 Å². The highest BCUT2D eigenvalue weighted by Gasteiger charge is 2.54. The Bertz CT molecular complexity index is 463. The van der Waals surface area contributed by atoms with Crippen molar-refractivity contribution in [2.75, 3.05) is 40.0 Å². The van der Waals surface area contributed by atoms with Crippen molar-refractivity contribution in [2.24, 2.45) is 5.92 Å². The molecule has 6 heteroatoms. The van der Waals surface area contributed by atoms with Crippen LogP contribution in [-0.4, -0.2) is 68.9 Å². The lowest BCUT2D eigenvalue weighted by atomic mass is 9.82. The summed E-state index contributed by atoms with van der Waals surface area (Å²) >= 11 is 0. The molecule has 20 heavy (non-hydrogen) atoms. The van der Waals surface area contributed by atoms with Crippen LogP contribution in [-0.2, 0) is 14.6 Å². The monoisotopic (exact) mass is 302 g/mol. The molecule has 2 fully saturated rings. The Labute approximate surface area is 122 Å². The lowest BCUT2D eigenvalue weighted by molar-refractivity contribution is -0.135. The van der Waals surface area contributed by atoms with Gasteiger partial charge in [0.2, 0.25) is 5.91 Å². The average Bonchev–Trinajstić information content (AvgIpc) is 2.28. The van der Waals surface area contributed by atoms with Crippen LogP contribution in [0.2, 0.25) is 0 Å². The van der Waals surface area contributed by atoms with E-state index in [0.717, 1.165) is 32.4 Å². The molecule has 5 nitrogen and oxygen atoms in total. The van der Waals surface area contributed by atoms with Crippen LogP contribution in [0.1, 0.15) is 32.1 Å². The molecule has 2 aliphatic rings. The minimum Gasteiger partial charge on any atom is -0.344 e. The van der Waals surface area contributed by atoms with E-state index in [1.165, 1.54) is 6.26 Å². The van der Waals surface area contributed by atoms with Gasteiger partial charge in [0.05, 0.1) is 0 Å². The molecule has 0 aromatic carbocycles. The van der Waals surface area contributed by atoms with Gasteiger partial charge >= 0.3 is 0 Å². The first-order valence-corrected chi connectivity index (χ1v) is 9.29. The second-order valence-electron chi connectivity index (χ2n) is 6.55. The minimum absolute atomic E-state index is 0.190. The van der Waals surface area contributed by atoms with Crippen molar-refractivity contribution >= 4 is 15.7 Å². The standard InChI is InChI=1S/C14H26N2O3S/c1-15-9-5-12(6-10-15)11-16(2)13(17)14(7-4-8-14)20(3,18)19/h12H,4-11H2,1-3H3. The minimum atomic E-state index is -3.32. The van der Waals surface area contributed by atoms with Crippen molar-refractivity contribution in [3.8, 4) is 0 Å². The summed E-state index contributed by atoms with van der Waals surface area (Å²) in [4.78, 5) is 16.5. The third-order valence-corrected chi connectivity index (χ3v) is 6.98. The van der Waals surface area contributed by atoms with Gasteiger partial charge in [0.1, 0.15) is 0 Å². The van der Waals surface area contributed by atoms with Crippen LogP contribution in [0.25, 0.3) is 0 Å². The molecule has 1 saturated heterocycles. The lowest BCUT2D eigenvalue weighted by Crippen LogP contribution is -2.57. The third-order valence-electron chi connectivity index (χ3n) is 4.98. The third kappa shape index (κ3) is 2.86. The Balaban J connectivity index is 1.98. The Kier molecular flexibility index (Phi) is 4.44. The summed E-state index contributed by atoms with van der Waals surface area (Å²) in [5.74, 6) is 0.307. The van der Waals surface area contributed by atoms with Crippen molar-refractivity contribution in [3.05, 3.63) is 0 Å². The maximum atomic E-state index is 12.6. The van der Waals surface area contributed by atoms with Crippen molar-refractivity contribution in [3.63, 3.8) is 0 Å². The molecule has 2 rings (SSSR count). The smallest absolute Gasteiger partial charge is 0.243 e. The van der Waals surface area contributed by atoms with Gasteiger partial charge < -0.3 is 9.80 Å². The summed E-state index contributed by atoms with van der Waals surface area (Å²) in [5, 5.41) is 0. The molecular weight excluding hydrogens is 276 g/mol. The zero-order valence-corrected chi connectivity index (χ0v) is 13.6. The maximum absolute atomic E-state index is 12.6. The highest BCUT2D eigenvalue weighted by molar-refractivity contribution is 7.93. The summed E-state index contributed by atoms with van der Waals surface area (Å²) in [6, 6.07) is 0. The SMILES string of the molecule is CN1CCC(CN(C)C(=O)C2(S(C)(=O)=O)CCC2)CC1. The predicted molar refractivity (Wildman–Crippen MR) is 79.3 cm³/mol. The zero-order valence-electron chi connectivity index (χ0n) is 12.8. The van der Waals surface area contributed by atoms with Crippen molar-refractivity contribution in [2.45, 2.75) is 36.9 Å². The van der Waals surface area contributed by atoms with Gasteiger partial charge in [0.25, 0.3) is 0 Å². The Hall–Kier alpha value is -0.620. The normalized spacial score (nSPS) is 24.1. The molecule has 1 heterocycles. The molecule has 0 aromatic rings. The van der Waals surface area contributed by atoms with E-state index in [1.54, 1.807) is 11.9 Å². The summed E-state index contributed by atoms with van der Waals surface area (Å²) in [6.45, 7) is 2.80. The number of carbonyl (C=O) groups is 1. The molecule has 1 saturated carbocycles. The van der Waals surface area contributed by atoms with Gasteiger partial charge in [-0.3, -0.25) is 4.79 Å². The molecule has 0 atom stereocenters. The van der Waals surface area contributed by atoms with Gasteiger partial charge in [0, 0.05) is 19.8 Å². The number of likely N-dealkylation sites (tertiary alicyclic amines) is 1. The second-order valence-corrected chi connectivity index (χ2v) is 8.88. The Morgan fingerprint density at radius 1 is 1.30 bits per heavy atom. The molecule has 1 aliphatic heterocycles. The van der Waals surface area contributed by atoms with Crippen molar-refractivity contribution in [1.82, 2.24) is 9.80 Å². The van der Waals surface area contributed by atoms with Gasteiger partial charge in [0.15, 0.2) is 14.6 Å². The number of piperidine rings is 1. The molecule has 0 unspecified atom stereocenters.